The maximum atomic E-state index is 14.5. The van der Waals surface area contributed by atoms with Crippen molar-refractivity contribution in [3.8, 4) is 0 Å². The first-order chi connectivity index (χ1) is 13.3. The van der Waals surface area contributed by atoms with Crippen LogP contribution in [-0.4, -0.2) is 34.5 Å². The highest BCUT2D eigenvalue weighted by molar-refractivity contribution is 5.90. The molecular weight excluding hydrogens is 363 g/mol. The summed E-state index contributed by atoms with van der Waals surface area (Å²) in [4.78, 5) is 37.5. The number of halogens is 1. The van der Waals surface area contributed by atoms with E-state index in [9.17, 15) is 18.8 Å². The second-order valence-electron chi connectivity index (χ2n) is 7.16. The monoisotopic (exact) mass is 386 g/mol. The average Bonchev–Trinajstić information content (AvgIpc) is 2.59. The quantitative estimate of drug-likeness (QED) is 0.823. The molecule has 2 aromatic rings. The zero-order valence-electron chi connectivity index (χ0n) is 15.8. The van der Waals surface area contributed by atoms with Gasteiger partial charge in [-0.3, -0.25) is 9.59 Å². The maximum Gasteiger partial charge on any atom is 0.321 e. The number of hydrogen-bond donors (Lipinski definition) is 2. The smallest absolute Gasteiger partial charge is 0.321 e. The number of benzene rings is 1. The lowest BCUT2D eigenvalue weighted by atomic mass is 9.79. The summed E-state index contributed by atoms with van der Waals surface area (Å²) in [5.41, 5.74) is 6.13. The first kappa shape index (κ1) is 19.6. The third-order valence-electron chi connectivity index (χ3n) is 5.28. The molecule has 1 aromatic heterocycles. The zero-order chi connectivity index (χ0) is 20.4. The van der Waals surface area contributed by atoms with Gasteiger partial charge in [-0.25, -0.2) is 9.18 Å². The summed E-state index contributed by atoms with van der Waals surface area (Å²) >= 11 is 0. The molecule has 3 amide bonds. The second kappa shape index (κ2) is 7.84. The third kappa shape index (κ3) is 3.90. The predicted molar refractivity (Wildman–Crippen MR) is 103 cm³/mol. The van der Waals surface area contributed by atoms with Gasteiger partial charge < -0.3 is 20.5 Å². The molecular formula is C20H23FN4O3. The molecule has 1 aliphatic rings. The van der Waals surface area contributed by atoms with Crippen LogP contribution in [0, 0.1) is 18.7 Å². The number of rotatable bonds is 5. The van der Waals surface area contributed by atoms with Gasteiger partial charge in [0.05, 0.1) is 12.2 Å². The zero-order valence-corrected chi connectivity index (χ0v) is 15.8. The standard InChI is InChI=1S/C20H23FN4O3/c1-12-5-4-8-25(19(12)27)11-15-16(21)6-3-7-17(15)23-20(28)24(2)14-9-13(10-14)18(22)26/h3-8,13-14H,9-11H2,1-2H3,(H2,22,26)(H,23,28). The molecule has 1 heterocycles. The molecule has 8 heteroatoms. The lowest BCUT2D eigenvalue weighted by Crippen LogP contribution is -2.50. The van der Waals surface area contributed by atoms with Gasteiger partial charge in [0, 0.05) is 36.3 Å². The fraction of sp³-hybridized carbons (Fsp3) is 0.350. The van der Waals surface area contributed by atoms with Gasteiger partial charge in [-0.1, -0.05) is 12.1 Å². The van der Waals surface area contributed by atoms with E-state index in [0.29, 0.717) is 24.1 Å². The molecule has 3 rings (SSSR count). The van der Waals surface area contributed by atoms with Crippen LogP contribution in [0.15, 0.2) is 41.3 Å². The van der Waals surface area contributed by atoms with E-state index < -0.39 is 11.8 Å². The van der Waals surface area contributed by atoms with Crippen molar-refractivity contribution >= 4 is 17.6 Å². The van der Waals surface area contributed by atoms with E-state index in [1.54, 1.807) is 38.4 Å². The Kier molecular flexibility index (Phi) is 5.48. The molecule has 0 bridgehead atoms. The fourth-order valence-electron chi connectivity index (χ4n) is 3.29. The molecule has 1 aromatic carbocycles. The minimum atomic E-state index is -0.508. The largest absolute Gasteiger partial charge is 0.369 e. The number of carbonyl (C=O) groups is 2. The number of nitrogens with zero attached hydrogens (tertiary/aromatic N) is 2. The van der Waals surface area contributed by atoms with Crippen LogP contribution in [0.4, 0.5) is 14.9 Å². The number of aromatic nitrogens is 1. The van der Waals surface area contributed by atoms with Crippen LogP contribution in [-0.2, 0) is 11.3 Å². The van der Waals surface area contributed by atoms with Gasteiger partial charge >= 0.3 is 6.03 Å². The van der Waals surface area contributed by atoms with Crippen molar-refractivity contribution in [2.45, 2.75) is 32.4 Å². The van der Waals surface area contributed by atoms with E-state index in [0.717, 1.165) is 0 Å². The minimum absolute atomic E-state index is 0.000305. The molecule has 0 spiro atoms. The Morgan fingerprint density at radius 3 is 2.68 bits per heavy atom. The molecule has 0 atom stereocenters. The summed E-state index contributed by atoms with van der Waals surface area (Å²) in [7, 11) is 1.63. The number of amides is 3. The van der Waals surface area contributed by atoms with E-state index in [1.807, 2.05) is 0 Å². The molecule has 0 aliphatic heterocycles. The molecule has 3 N–H and O–H groups in total. The number of nitrogens with two attached hydrogens (primary N) is 1. The highest BCUT2D eigenvalue weighted by atomic mass is 19.1. The van der Waals surface area contributed by atoms with Crippen LogP contribution in [0.2, 0.25) is 0 Å². The summed E-state index contributed by atoms with van der Waals surface area (Å²) in [5.74, 6) is -1.08. The lowest BCUT2D eigenvalue weighted by molar-refractivity contribution is -0.125. The van der Waals surface area contributed by atoms with Crippen molar-refractivity contribution in [1.29, 1.82) is 0 Å². The number of anilines is 1. The Hall–Kier alpha value is -3.16. The topological polar surface area (TPSA) is 97.4 Å². The molecule has 0 radical (unpaired) electrons. The number of primary amides is 1. The molecule has 148 valence electrons. The summed E-state index contributed by atoms with van der Waals surface area (Å²) in [6, 6.07) is 7.30. The van der Waals surface area contributed by atoms with Crippen molar-refractivity contribution < 1.29 is 14.0 Å². The second-order valence-corrected chi connectivity index (χ2v) is 7.16. The van der Waals surface area contributed by atoms with E-state index in [2.05, 4.69) is 5.32 Å². The average molecular weight is 386 g/mol. The summed E-state index contributed by atoms with van der Waals surface area (Å²) in [5, 5.41) is 2.71. The SMILES string of the molecule is Cc1cccn(Cc2c(F)cccc2NC(=O)N(C)C2CC(C(N)=O)C2)c1=O. The van der Waals surface area contributed by atoms with Crippen molar-refractivity contribution in [2.24, 2.45) is 11.7 Å². The fourth-order valence-corrected chi connectivity index (χ4v) is 3.29. The molecule has 1 fully saturated rings. The summed E-state index contributed by atoms with van der Waals surface area (Å²) < 4.78 is 15.9. The van der Waals surface area contributed by atoms with Gasteiger partial charge in [-0.2, -0.15) is 0 Å². The van der Waals surface area contributed by atoms with Crippen LogP contribution in [0.3, 0.4) is 0 Å². The number of carbonyl (C=O) groups excluding carboxylic acids is 2. The number of urea groups is 1. The molecule has 0 unspecified atom stereocenters. The van der Waals surface area contributed by atoms with Crippen molar-refractivity contribution in [1.82, 2.24) is 9.47 Å². The Morgan fingerprint density at radius 1 is 1.29 bits per heavy atom. The Labute approximate surface area is 161 Å². The van der Waals surface area contributed by atoms with Crippen molar-refractivity contribution in [3.63, 3.8) is 0 Å². The number of nitrogens with one attached hydrogen (secondary N) is 1. The Bertz CT molecular complexity index is 966. The number of aryl methyl sites for hydroxylation is 1. The van der Waals surface area contributed by atoms with Gasteiger partial charge in [-0.05, 0) is 38.0 Å². The normalized spacial score (nSPS) is 18.2. The lowest BCUT2D eigenvalue weighted by Gasteiger charge is -2.39. The minimum Gasteiger partial charge on any atom is -0.369 e. The predicted octanol–water partition coefficient (Wildman–Crippen LogP) is 2.07. The van der Waals surface area contributed by atoms with E-state index >= 15 is 0 Å². The molecule has 28 heavy (non-hydrogen) atoms. The van der Waals surface area contributed by atoms with E-state index in [-0.39, 0.29) is 35.5 Å². The highest BCUT2D eigenvalue weighted by Gasteiger charge is 2.37. The van der Waals surface area contributed by atoms with Crippen LogP contribution in [0.25, 0.3) is 0 Å². The molecule has 1 aliphatic carbocycles. The van der Waals surface area contributed by atoms with E-state index in [1.165, 1.54) is 21.6 Å². The first-order valence-corrected chi connectivity index (χ1v) is 9.04. The van der Waals surface area contributed by atoms with E-state index in [4.69, 9.17) is 5.73 Å². The van der Waals surface area contributed by atoms with Gasteiger partial charge in [0.15, 0.2) is 0 Å². The van der Waals surface area contributed by atoms with Crippen LogP contribution < -0.4 is 16.6 Å². The third-order valence-corrected chi connectivity index (χ3v) is 5.28. The summed E-state index contributed by atoms with van der Waals surface area (Å²) in [6.45, 7) is 1.69. The van der Waals surface area contributed by atoms with Crippen LogP contribution in [0.1, 0.15) is 24.0 Å². The van der Waals surface area contributed by atoms with Crippen LogP contribution in [0.5, 0.6) is 0 Å². The van der Waals surface area contributed by atoms with Gasteiger partial charge in [0.1, 0.15) is 5.82 Å². The first-order valence-electron chi connectivity index (χ1n) is 9.04. The van der Waals surface area contributed by atoms with Crippen molar-refractivity contribution in [3.05, 3.63) is 63.8 Å². The van der Waals surface area contributed by atoms with Gasteiger partial charge in [0.2, 0.25) is 5.91 Å². The molecule has 7 nitrogen and oxygen atoms in total. The van der Waals surface area contributed by atoms with Gasteiger partial charge in [0.25, 0.3) is 5.56 Å². The Balaban J connectivity index is 1.77. The highest BCUT2D eigenvalue weighted by Crippen LogP contribution is 2.31. The number of hydrogen-bond acceptors (Lipinski definition) is 3. The number of pyridine rings is 1. The maximum absolute atomic E-state index is 14.5. The molecule has 0 saturated heterocycles. The van der Waals surface area contributed by atoms with Gasteiger partial charge in [-0.15, -0.1) is 0 Å². The molecule has 1 saturated carbocycles. The summed E-state index contributed by atoms with van der Waals surface area (Å²) in [6.07, 6.45) is 2.62. The van der Waals surface area contributed by atoms with Crippen LogP contribution >= 0.6 is 0 Å². The Morgan fingerprint density at radius 2 is 2.00 bits per heavy atom. The van der Waals surface area contributed by atoms with Crippen molar-refractivity contribution in [2.75, 3.05) is 12.4 Å².